The average molecular weight is 831 g/mol. The number of carbonyl (C=O) groups is 4. The predicted molar refractivity (Wildman–Crippen MR) is 233 cm³/mol. The van der Waals surface area contributed by atoms with Crippen LogP contribution < -0.4 is 16.0 Å². The van der Waals surface area contributed by atoms with Crippen molar-refractivity contribution in [2.24, 2.45) is 10.8 Å². The highest BCUT2D eigenvalue weighted by Gasteiger charge is 2.45. The second kappa shape index (κ2) is 19.0. The van der Waals surface area contributed by atoms with E-state index in [1.165, 1.54) is 0 Å². The van der Waals surface area contributed by atoms with E-state index in [-0.39, 0.29) is 25.4 Å². The van der Waals surface area contributed by atoms with Crippen molar-refractivity contribution in [1.82, 2.24) is 40.1 Å². The maximum absolute atomic E-state index is 14.6. The van der Waals surface area contributed by atoms with E-state index < -0.39 is 59.0 Å². The summed E-state index contributed by atoms with van der Waals surface area (Å²) in [7, 11) is 0. The van der Waals surface area contributed by atoms with Crippen molar-refractivity contribution in [3.8, 4) is 11.3 Å². The van der Waals surface area contributed by atoms with Gasteiger partial charge in [0, 0.05) is 37.1 Å². The van der Waals surface area contributed by atoms with Gasteiger partial charge >= 0.3 is 12.1 Å². The molecular formula is C47H58N8O6. The number of nitrogens with zero attached hydrogens (tertiary/aromatic N) is 5. The molecule has 1 fully saturated rings. The van der Waals surface area contributed by atoms with Gasteiger partial charge in [-0.15, -0.1) is 0 Å². The molecule has 61 heavy (non-hydrogen) atoms. The van der Waals surface area contributed by atoms with Crippen molar-refractivity contribution in [1.29, 1.82) is 0 Å². The van der Waals surface area contributed by atoms with Crippen LogP contribution in [0.2, 0.25) is 0 Å². The van der Waals surface area contributed by atoms with E-state index in [9.17, 15) is 29.4 Å². The Balaban J connectivity index is 1.25. The van der Waals surface area contributed by atoms with E-state index in [1.54, 1.807) is 43.0 Å². The van der Waals surface area contributed by atoms with Gasteiger partial charge in [-0.2, -0.15) is 0 Å². The summed E-state index contributed by atoms with van der Waals surface area (Å²) in [5, 5.41) is 30.4. The molecule has 1 aliphatic rings. The average Bonchev–Trinajstić information content (AvgIpc) is 3.79. The third-order valence-electron chi connectivity index (χ3n) is 11.1. The number of benzene rings is 2. The number of amides is 5. The molecule has 6 rings (SSSR count). The number of nitrogens with one attached hydrogen (secondary N) is 3. The van der Waals surface area contributed by atoms with Crippen LogP contribution in [0.25, 0.3) is 16.8 Å². The fourth-order valence-corrected chi connectivity index (χ4v) is 8.05. The fourth-order valence-electron chi connectivity index (χ4n) is 8.05. The van der Waals surface area contributed by atoms with Crippen LogP contribution in [0.5, 0.6) is 0 Å². The standard InChI is InChI=1S/C47H58N8O6/c1-46(2,3)40(52-44(59)60)42(57)50-34(26-32-18-20-33(21-19-32)36-17-10-12-22-48-36)28-38(56)37(27-31-14-8-7-9-15-31)51-43(58)41(47(4,5)6)55-25-24-53(45(55)61)30-39-49-29-35-16-11-13-23-54(35)39/h7-23,29,34,37-38,40-41,52,56H,24-28,30H2,1-6H3,(H,50,57)(H,51,58)(H,59,60)/t34?,37?,38?,40?,41-/m1/s1. The molecule has 5 atom stereocenters. The fraction of sp³-hybridized carbons (Fsp3) is 0.404. The van der Waals surface area contributed by atoms with Crippen molar-refractivity contribution in [3.63, 3.8) is 0 Å². The molecule has 1 aliphatic heterocycles. The minimum Gasteiger partial charge on any atom is -0.465 e. The Bertz CT molecular complexity index is 2270. The van der Waals surface area contributed by atoms with Crippen molar-refractivity contribution in [2.45, 2.75) is 97.6 Å². The van der Waals surface area contributed by atoms with Gasteiger partial charge in [0.25, 0.3) is 0 Å². The van der Waals surface area contributed by atoms with E-state index in [1.807, 2.05) is 122 Å². The molecule has 4 unspecified atom stereocenters. The SMILES string of the molecule is CC(C)(C)C(NC(=O)O)C(=O)NC(Cc1ccc(-c2ccccn2)cc1)CC(O)C(Cc1ccccc1)NC(=O)[C@@H](N1CCN(Cc2ncc3ccccn23)C1=O)C(C)(C)C. The molecule has 2 aromatic carbocycles. The second-order valence-electron chi connectivity index (χ2n) is 18.0. The summed E-state index contributed by atoms with van der Waals surface area (Å²) in [4.78, 5) is 66.7. The Morgan fingerprint density at radius 3 is 2.10 bits per heavy atom. The lowest BCUT2D eigenvalue weighted by atomic mass is 9.84. The van der Waals surface area contributed by atoms with Crippen molar-refractivity contribution in [3.05, 3.63) is 127 Å². The largest absolute Gasteiger partial charge is 0.465 e. The number of aromatic nitrogens is 3. The molecule has 0 bridgehead atoms. The number of rotatable bonds is 16. The number of imidazole rings is 1. The van der Waals surface area contributed by atoms with Gasteiger partial charge in [0.15, 0.2) is 0 Å². The highest BCUT2D eigenvalue weighted by atomic mass is 16.4. The summed E-state index contributed by atoms with van der Waals surface area (Å²) < 4.78 is 1.94. The molecular weight excluding hydrogens is 773 g/mol. The molecule has 0 spiro atoms. The number of carbonyl (C=O) groups excluding carboxylic acids is 3. The number of urea groups is 1. The minimum absolute atomic E-state index is 0.0182. The number of aliphatic hydroxyl groups is 1. The van der Waals surface area contributed by atoms with Crippen LogP contribution in [0.4, 0.5) is 9.59 Å². The van der Waals surface area contributed by atoms with E-state index >= 15 is 0 Å². The van der Waals surface area contributed by atoms with Gasteiger partial charge in [-0.1, -0.05) is 108 Å². The summed E-state index contributed by atoms with van der Waals surface area (Å²) in [6.45, 7) is 12.1. The Kier molecular flexibility index (Phi) is 13.8. The molecule has 5 aromatic rings. The second-order valence-corrected chi connectivity index (χ2v) is 18.0. The summed E-state index contributed by atoms with van der Waals surface area (Å²) in [6.07, 6.45) is 3.48. The first kappa shape index (κ1) is 44.3. The number of hydrogen-bond donors (Lipinski definition) is 5. The first-order chi connectivity index (χ1) is 29.0. The highest BCUT2D eigenvalue weighted by Crippen LogP contribution is 2.30. The number of aliphatic hydroxyl groups excluding tert-OH is 1. The lowest BCUT2D eigenvalue weighted by Gasteiger charge is -2.38. The van der Waals surface area contributed by atoms with Crippen molar-refractivity contribution >= 4 is 29.5 Å². The molecule has 14 nitrogen and oxygen atoms in total. The Morgan fingerprint density at radius 1 is 0.754 bits per heavy atom. The number of fused-ring (bicyclic) bond motifs is 1. The van der Waals surface area contributed by atoms with Gasteiger partial charge < -0.3 is 40.4 Å². The first-order valence-corrected chi connectivity index (χ1v) is 20.8. The van der Waals surface area contributed by atoms with Crippen LogP contribution in [0, 0.1) is 10.8 Å². The van der Waals surface area contributed by atoms with E-state index in [0.717, 1.165) is 27.9 Å². The number of carboxylic acid groups (broad SMARTS) is 1. The summed E-state index contributed by atoms with van der Waals surface area (Å²) >= 11 is 0. The summed E-state index contributed by atoms with van der Waals surface area (Å²) in [5.74, 6) is -0.223. The van der Waals surface area contributed by atoms with Crippen LogP contribution in [-0.2, 0) is 29.0 Å². The third kappa shape index (κ3) is 11.3. The Labute approximate surface area is 357 Å². The molecule has 0 saturated carbocycles. The Hall–Kier alpha value is -6.28. The quantitative estimate of drug-likeness (QED) is 0.0811. The molecule has 1 saturated heterocycles. The van der Waals surface area contributed by atoms with Crippen LogP contribution in [0.1, 0.15) is 64.9 Å². The third-order valence-corrected chi connectivity index (χ3v) is 11.1. The lowest BCUT2D eigenvalue weighted by molar-refractivity contribution is -0.131. The zero-order valence-electron chi connectivity index (χ0n) is 35.8. The van der Waals surface area contributed by atoms with E-state index in [2.05, 4.69) is 25.9 Å². The van der Waals surface area contributed by atoms with Crippen LogP contribution in [-0.4, -0.2) is 102 Å². The van der Waals surface area contributed by atoms with Gasteiger partial charge in [-0.3, -0.25) is 14.6 Å². The summed E-state index contributed by atoms with van der Waals surface area (Å²) in [6, 6.07) is 25.0. The number of hydrogen-bond acceptors (Lipinski definition) is 7. The van der Waals surface area contributed by atoms with E-state index in [4.69, 9.17) is 0 Å². The smallest absolute Gasteiger partial charge is 0.405 e. The molecule has 4 heterocycles. The monoisotopic (exact) mass is 830 g/mol. The molecule has 0 radical (unpaired) electrons. The van der Waals surface area contributed by atoms with Gasteiger partial charge in [0.2, 0.25) is 11.8 Å². The molecule has 5 amide bonds. The zero-order chi connectivity index (χ0) is 43.9. The van der Waals surface area contributed by atoms with Gasteiger partial charge in [-0.05, 0) is 65.5 Å². The minimum atomic E-state index is -1.33. The van der Waals surface area contributed by atoms with Crippen LogP contribution >= 0.6 is 0 Å². The first-order valence-electron chi connectivity index (χ1n) is 20.8. The lowest BCUT2D eigenvalue weighted by Crippen LogP contribution is -2.59. The van der Waals surface area contributed by atoms with Gasteiger partial charge in [0.1, 0.15) is 17.9 Å². The number of pyridine rings is 2. The molecule has 5 N–H and O–H groups in total. The maximum Gasteiger partial charge on any atom is 0.405 e. The van der Waals surface area contributed by atoms with Gasteiger partial charge in [-0.25, -0.2) is 14.6 Å². The molecule has 322 valence electrons. The van der Waals surface area contributed by atoms with Crippen molar-refractivity contribution < 1.29 is 29.4 Å². The Morgan fingerprint density at radius 2 is 1.44 bits per heavy atom. The highest BCUT2D eigenvalue weighted by molar-refractivity contribution is 5.89. The molecule has 0 aliphatic carbocycles. The zero-order valence-corrected chi connectivity index (χ0v) is 35.8. The molecule has 3 aromatic heterocycles. The molecule has 14 heteroatoms. The maximum atomic E-state index is 14.6. The summed E-state index contributed by atoms with van der Waals surface area (Å²) in [5.41, 5.74) is 2.93. The normalized spacial score (nSPS) is 15.8. The van der Waals surface area contributed by atoms with Crippen LogP contribution in [0.15, 0.2) is 110 Å². The van der Waals surface area contributed by atoms with Crippen LogP contribution in [0.3, 0.4) is 0 Å². The topological polar surface area (TPSA) is 182 Å². The van der Waals surface area contributed by atoms with Crippen molar-refractivity contribution in [2.75, 3.05) is 13.1 Å². The predicted octanol–water partition coefficient (Wildman–Crippen LogP) is 5.94. The van der Waals surface area contributed by atoms with Gasteiger partial charge in [0.05, 0.1) is 36.1 Å². The van der Waals surface area contributed by atoms with E-state index in [0.29, 0.717) is 25.3 Å².